The number of urea groups is 1. The Bertz CT molecular complexity index is 961. The Kier molecular flexibility index (Phi) is 5.81. The molecule has 1 aromatic heterocycles. The molecule has 0 saturated carbocycles. The van der Waals surface area contributed by atoms with Gasteiger partial charge in [0.15, 0.2) is 5.58 Å². The van der Waals surface area contributed by atoms with Crippen LogP contribution in [0.25, 0.3) is 22.2 Å². The van der Waals surface area contributed by atoms with E-state index in [4.69, 9.17) is 9.40 Å². The molecule has 0 spiro atoms. The minimum Gasteiger partial charge on any atom is -0.439 e. The third kappa shape index (κ3) is 4.59. The quantitative estimate of drug-likeness (QED) is 0.709. The van der Waals surface area contributed by atoms with Crippen molar-refractivity contribution in [2.24, 2.45) is 0 Å². The van der Waals surface area contributed by atoms with Crippen molar-refractivity contribution in [3.63, 3.8) is 0 Å². The summed E-state index contributed by atoms with van der Waals surface area (Å²) in [6, 6.07) is 16.7. The topological polar surface area (TPSA) is 61.6 Å². The molecule has 29 heavy (non-hydrogen) atoms. The number of hydrogen-bond acceptors (Lipinski definition) is 4. The standard InChI is InChI=1S/C23H28N4O2/c1-3-17(2)24-23(28)27-13-11-26(12-14-27)16-22-25-20-15-19(9-10-21(20)29-22)18-7-5-4-6-8-18/h4-10,15,17H,3,11-14,16H2,1-2H3,(H,24,28)/t17-/m0/s1. The number of nitrogens with one attached hydrogen (secondary N) is 1. The molecule has 1 N–H and O–H groups in total. The highest BCUT2D eigenvalue weighted by Crippen LogP contribution is 2.25. The van der Waals surface area contributed by atoms with Crippen LogP contribution in [0.15, 0.2) is 52.9 Å². The first-order chi connectivity index (χ1) is 14.1. The van der Waals surface area contributed by atoms with Crippen molar-refractivity contribution in [2.45, 2.75) is 32.9 Å². The maximum atomic E-state index is 12.3. The van der Waals surface area contributed by atoms with Crippen LogP contribution in [0.3, 0.4) is 0 Å². The van der Waals surface area contributed by atoms with E-state index in [0.717, 1.165) is 55.2 Å². The number of hydrogen-bond donors (Lipinski definition) is 1. The molecule has 0 bridgehead atoms. The first kappa shape index (κ1) is 19.5. The number of nitrogens with zero attached hydrogens (tertiary/aromatic N) is 3. The molecule has 1 aliphatic rings. The van der Waals surface area contributed by atoms with Gasteiger partial charge in [0, 0.05) is 32.2 Å². The number of carbonyl (C=O) groups is 1. The van der Waals surface area contributed by atoms with Crippen LogP contribution in [0, 0.1) is 0 Å². The zero-order valence-corrected chi connectivity index (χ0v) is 17.1. The molecule has 152 valence electrons. The van der Waals surface area contributed by atoms with E-state index < -0.39 is 0 Å². The van der Waals surface area contributed by atoms with E-state index in [2.05, 4.69) is 41.4 Å². The molecule has 6 heteroatoms. The van der Waals surface area contributed by atoms with E-state index in [1.807, 2.05) is 36.1 Å². The zero-order valence-electron chi connectivity index (χ0n) is 17.1. The van der Waals surface area contributed by atoms with Gasteiger partial charge in [0.05, 0.1) is 6.54 Å². The number of carbonyl (C=O) groups excluding carboxylic acids is 1. The summed E-state index contributed by atoms with van der Waals surface area (Å²) in [6.07, 6.45) is 0.940. The van der Waals surface area contributed by atoms with Crippen molar-refractivity contribution < 1.29 is 9.21 Å². The van der Waals surface area contributed by atoms with E-state index in [1.54, 1.807) is 0 Å². The van der Waals surface area contributed by atoms with Gasteiger partial charge in [-0.15, -0.1) is 0 Å². The summed E-state index contributed by atoms with van der Waals surface area (Å²) in [5.74, 6) is 0.725. The summed E-state index contributed by atoms with van der Waals surface area (Å²) in [6.45, 7) is 7.86. The fourth-order valence-electron chi connectivity index (χ4n) is 3.56. The van der Waals surface area contributed by atoms with Gasteiger partial charge < -0.3 is 14.6 Å². The fraction of sp³-hybridized carbons (Fsp3) is 0.391. The van der Waals surface area contributed by atoms with Gasteiger partial charge in [0.25, 0.3) is 0 Å². The first-order valence-electron chi connectivity index (χ1n) is 10.3. The van der Waals surface area contributed by atoms with E-state index >= 15 is 0 Å². The lowest BCUT2D eigenvalue weighted by Gasteiger charge is -2.34. The average Bonchev–Trinajstić information content (AvgIpc) is 3.16. The van der Waals surface area contributed by atoms with Gasteiger partial charge in [-0.3, -0.25) is 4.90 Å². The van der Waals surface area contributed by atoms with Crippen molar-refractivity contribution in [3.05, 3.63) is 54.4 Å². The Morgan fingerprint density at radius 1 is 1.10 bits per heavy atom. The number of rotatable bonds is 5. The van der Waals surface area contributed by atoms with Crippen LogP contribution in [0.5, 0.6) is 0 Å². The second-order valence-electron chi connectivity index (χ2n) is 7.68. The summed E-state index contributed by atoms with van der Waals surface area (Å²) >= 11 is 0. The number of aromatic nitrogens is 1. The normalized spacial score (nSPS) is 16.1. The predicted molar refractivity (Wildman–Crippen MR) is 115 cm³/mol. The highest BCUT2D eigenvalue weighted by atomic mass is 16.3. The van der Waals surface area contributed by atoms with Gasteiger partial charge in [0.2, 0.25) is 5.89 Å². The summed E-state index contributed by atoms with van der Waals surface area (Å²) in [7, 11) is 0. The van der Waals surface area contributed by atoms with Gasteiger partial charge >= 0.3 is 6.03 Å². The lowest BCUT2D eigenvalue weighted by Crippen LogP contribution is -2.52. The minimum atomic E-state index is 0.0364. The van der Waals surface area contributed by atoms with Crippen LogP contribution in [-0.4, -0.2) is 53.0 Å². The maximum Gasteiger partial charge on any atom is 0.317 e. The third-order valence-corrected chi connectivity index (χ3v) is 5.54. The molecular weight excluding hydrogens is 364 g/mol. The molecule has 0 radical (unpaired) electrons. The molecule has 1 aliphatic heterocycles. The van der Waals surface area contributed by atoms with E-state index in [9.17, 15) is 4.79 Å². The molecule has 0 aliphatic carbocycles. The van der Waals surface area contributed by atoms with Crippen molar-refractivity contribution in [2.75, 3.05) is 26.2 Å². The Morgan fingerprint density at radius 3 is 2.59 bits per heavy atom. The monoisotopic (exact) mass is 392 g/mol. The van der Waals surface area contributed by atoms with Crippen LogP contribution >= 0.6 is 0 Å². The third-order valence-electron chi connectivity index (χ3n) is 5.54. The molecule has 2 heterocycles. The molecule has 2 amide bonds. The molecule has 2 aromatic carbocycles. The summed E-state index contributed by atoms with van der Waals surface area (Å²) in [5.41, 5.74) is 4.00. The molecule has 1 fully saturated rings. The zero-order chi connectivity index (χ0) is 20.2. The van der Waals surface area contributed by atoms with Gasteiger partial charge in [-0.25, -0.2) is 9.78 Å². The molecule has 4 rings (SSSR count). The van der Waals surface area contributed by atoms with Gasteiger partial charge in [-0.05, 0) is 36.6 Å². The van der Waals surface area contributed by atoms with Crippen LogP contribution in [0.1, 0.15) is 26.2 Å². The van der Waals surface area contributed by atoms with Crippen LogP contribution in [0.2, 0.25) is 0 Å². The Labute approximate surface area is 171 Å². The summed E-state index contributed by atoms with van der Waals surface area (Å²) in [4.78, 5) is 21.1. The lowest BCUT2D eigenvalue weighted by atomic mass is 10.1. The Hall–Kier alpha value is -2.86. The molecule has 3 aromatic rings. The lowest BCUT2D eigenvalue weighted by molar-refractivity contribution is 0.128. The van der Waals surface area contributed by atoms with Crippen molar-refractivity contribution in [1.82, 2.24) is 20.1 Å². The number of benzene rings is 2. The molecule has 1 atom stereocenters. The highest BCUT2D eigenvalue weighted by Gasteiger charge is 2.23. The fourth-order valence-corrected chi connectivity index (χ4v) is 3.56. The second kappa shape index (κ2) is 8.66. The van der Waals surface area contributed by atoms with Crippen molar-refractivity contribution in [1.29, 1.82) is 0 Å². The SMILES string of the molecule is CC[C@H](C)NC(=O)N1CCN(Cc2nc3cc(-c4ccccc4)ccc3o2)CC1. The minimum absolute atomic E-state index is 0.0364. The smallest absolute Gasteiger partial charge is 0.317 e. The Balaban J connectivity index is 1.37. The molecule has 6 nitrogen and oxygen atoms in total. The summed E-state index contributed by atoms with van der Waals surface area (Å²) in [5, 5.41) is 3.04. The average molecular weight is 393 g/mol. The van der Waals surface area contributed by atoms with Crippen LogP contribution in [0.4, 0.5) is 4.79 Å². The van der Waals surface area contributed by atoms with Crippen molar-refractivity contribution in [3.8, 4) is 11.1 Å². The van der Waals surface area contributed by atoms with Crippen molar-refractivity contribution >= 4 is 17.1 Å². The number of piperazine rings is 1. The predicted octanol–water partition coefficient (Wildman–Crippen LogP) is 4.12. The van der Waals surface area contributed by atoms with Gasteiger partial charge in [-0.1, -0.05) is 43.3 Å². The second-order valence-corrected chi connectivity index (χ2v) is 7.68. The Morgan fingerprint density at radius 2 is 1.86 bits per heavy atom. The van der Waals surface area contributed by atoms with E-state index in [0.29, 0.717) is 6.54 Å². The molecular formula is C23H28N4O2. The maximum absolute atomic E-state index is 12.3. The van der Waals surface area contributed by atoms with Crippen LogP contribution in [-0.2, 0) is 6.54 Å². The van der Waals surface area contributed by atoms with E-state index in [1.165, 1.54) is 5.56 Å². The van der Waals surface area contributed by atoms with Crippen LogP contribution < -0.4 is 5.32 Å². The number of oxazole rings is 1. The highest BCUT2D eigenvalue weighted by molar-refractivity contribution is 5.80. The largest absolute Gasteiger partial charge is 0.439 e. The molecule has 1 saturated heterocycles. The number of fused-ring (bicyclic) bond motifs is 1. The van der Waals surface area contributed by atoms with Gasteiger partial charge in [-0.2, -0.15) is 0 Å². The summed E-state index contributed by atoms with van der Waals surface area (Å²) < 4.78 is 5.96. The van der Waals surface area contributed by atoms with E-state index in [-0.39, 0.29) is 12.1 Å². The molecule has 0 unspecified atom stereocenters. The van der Waals surface area contributed by atoms with Gasteiger partial charge in [0.1, 0.15) is 5.52 Å². The first-order valence-corrected chi connectivity index (χ1v) is 10.3. The number of amides is 2.